The summed E-state index contributed by atoms with van der Waals surface area (Å²) in [6.45, 7) is 1.96. The lowest BCUT2D eigenvalue weighted by Crippen LogP contribution is -2.06. The molecule has 1 heterocycles. The van der Waals surface area contributed by atoms with Gasteiger partial charge in [0.15, 0.2) is 9.84 Å². The Balaban J connectivity index is 2.10. The number of fused-ring (bicyclic) bond motifs is 1. The van der Waals surface area contributed by atoms with Crippen molar-refractivity contribution >= 4 is 20.7 Å². The van der Waals surface area contributed by atoms with Crippen LogP contribution in [0, 0.1) is 6.92 Å². The molecule has 21 heavy (non-hydrogen) atoms. The highest BCUT2D eigenvalue weighted by atomic mass is 32.2. The maximum Gasteiger partial charge on any atom is 0.182 e. The number of hydrogen-bond acceptors (Lipinski definition) is 3. The summed E-state index contributed by atoms with van der Waals surface area (Å²) < 4.78 is 25.1. The van der Waals surface area contributed by atoms with Gasteiger partial charge in [0.2, 0.25) is 0 Å². The van der Waals surface area contributed by atoms with E-state index in [-0.39, 0.29) is 5.75 Å². The predicted molar refractivity (Wildman–Crippen MR) is 83.8 cm³/mol. The standard InChI is InChI=1S/C17H15NO2S/c1-13-10-14-6-5-9-18-17(14)15(11-13)12-21(19,20)16-7-3-2-4-8-16/h2-11H,12H2,1H3. The summed E-state index contributed by atoms with van der Waals surface area (Å²) in [7, 11) is -3.36. The van der Waals surface area contributed by atoms with E-state index < -0.39 is 9.84 Å². The third kappa shape index (κ3) is 2.81. The number of sulfone groups is 1. The van der Waals surface area contributed by atoms with Gasteiger partial charge in [-0.15, -0.1) is 0 Å². The summed E-state index contributed by atoms with van der Waals surface area (Å²) in [5.74, 6) is -0.0355. The Hall–Kier alpha value is -2.20. The molecule has 0 fully saturated rings. The summed E-state index contributed by atoms with van der Waals surface area (Å²) in [6, 6.07) is 16.3. The second-order valence-corrected chi connectivity index (χ2v) is 7.06. The molecule has 0 atom stereocenters. The highest BCUT2D eigenvalue weighted by Crippen LogP contribution is 2.23. The van der Waals surface area contributed by atoms with E-state index in [1.165, 1.54) is 0 Å². The quantitative estimate of drug-likeness (QED) is 0.743. The first-order chi connectivity index (χ1) is 10.1. The largest absolute Gasteiger partial charge is 0.256 e. The van der Waals surface area contributed by atoms with Gasteiger partial charge in [-0.1, -0.05) is 35.9 Å². The van der Waals surface area contributed by atoms with Crippen molar-refractivity contribution in [3.63, 3.8) is 0 Å². The summed E-state index contributed by atoms with van der Waals surface area (Å²) in [5, 5.41) is 0.968. The first kappa shape index (κ1) is 13.8. The van der Waals surface area contributed by atoms with Crippen molar-refractivity contribution in [2.75, 3.05) is 0 Å². The molecular formula is C17H15NO2S. The van der Waals surface area contributed by atoms with E-state index in [9.17, 15) is 8.42 Å². The molecule has 3 nitrogen and oxygen atoms in total. The van der Waals surface area contributed by atoms with E-state index in [0.29, 0.717) is 4.90 Å². The minimum absolute atomic E-state index is 0.0355. The van der Waals surface area contributed by atoms with Crippen LogP contribution in [0.15, 0.2) is 65.7 Å². The van der Waals surface area contributed by atoms with Gasteiger partial charge in [-0.2, -0.15) is 0 Å². The van der Waals surface area contributed by atoms with Crippen molar-refractivity contribution < 1.29 is 8.42 Å². The maximum absolute atomic E-state index is 12.5. The zero-order valence-electron chi connectivity index (χ0n) is 11.7. The van der Waals surface area contributed by atoms with Gasteiger partial charge < -0.3 is 0 Å². The number of aryl methyl sites for hydroxylation is 1. The van der Waals surface area contributed by atoms with Gasteiger partial charge in [-0.05, 0) is 36.8 Å². The molecule has 106 valence electrons. The Bertz CT molecular complexity index is 887. The molecule has 0 amide bonds. The molecule has 1 aromatic heterocycles. The zero-order chi connectivity index (χ0) is 14.9. The van der Waals surface area contributed by atoms with E-state index in [1.54, 1.807) is 30.5 Å². The van der Waals surface area contributed by atoms with Crippen LogP contribution in [0.4, 0.5) is 0 Å². The first-order valence-electron chi connectivity index (χ1n) is 6.68. The van der Waals surface area contributed by atoms with Gasteiger partial charge in [-0.3, -0.25) is 4.98 Å². The second kappa shape index (κ2) is 5.30. The average Bonchev–Trinajstić information content (AvgIpc) is 2.47. The van der Waals surface area contributed by atoms with Crippen LogP contribution < -0.4 is 0 Å². The Kier molecular flexibility index (Phi) is 3.47. The monoisotopic (exact) mass is 297 g/mol. The molecule has 0 aliphatic rings. The van der Waals surface area contributed by atoms with Crippen molar-refractivity contribution in [1.29, 1.82) is 0 Å². The smallest absolute Gasteiger partial charge is 0.182 e. The summed E-state index contributed by atoms with van der Waals surface area (Å²) in [6.07, 6.45) is 1.69. The van der Waals surface area contributed by atoms with Gasteiger partial charge in [0, 0.05) is 11.6 Å². The molecule has 0 unspecified atom stereocenters. The van der Waals surface area contributed by atoms with Crippen LogP contribution in [-0.4, -0.2) is 13.4 Å². The van der Waals surface area contributed by atoms with Crippen LogP contribution in [0.1, 0.15) is 11.1 Å². The minimum Gasteiger partial charge on any atom is -0.256 e. The van der Waals surface area contributed by atoms with E-state index in [1.807, 2.05) is 37.3 Å². The van der Waals surface area contributed by atoms with Crippen LogP contribution in [-0.2, 0) is 15.6 Å². The van der Waals surface area contributed by atoms with Crippen molar-refractivity contribution in [1.82, 2.24) is 4.98 Å². The van der Waals surface area contributed by atoms with E-state index in [4.69, 9.17) is 0 Å². The maximum atomic E-state index is 12.5. The molecule has 0 bridgehead atoms. The van der Waals surface area contributed by atoms with Crippen LogP contribution in [0.25, 0.3) is 10.9 Å². The normalized spacial score (nSPS) is 11.7. The van der Waals surface area contributed by atoms with Crippen LogP contribution >= 0.6 is 0 Å². The summed E-state index contributed by atoms with van der Waals surface area (Å²) >= 11 is 0. The topological polar surface area (TPSA) is 47.0 Å². The third-order valence-electron chi connectivity index (χ3n) is 3.38. The Labute approximate surface area is 124 Å². The van der Waals surface area contributed by atoms with Gasteiger partial charge in [0.1, 0.15) is 0 Å². The molecule has 3 rings (SSSR count). The van der Waals surface area contributed by atoms with Crippen molar-refractivity contribution in [3.8, 4) is 0 Å². The number of pyridine rings is 1. The molecule has 0 aliphatic carbocycles. The number of hydrogen-bond donors (Lipinski definition) is 0. The van der Waals surface area contributed by atoms with Gasteiger partial charge in [0.25, 0.3) is 0 Å². The highest BCUT2D eigenvalue weighted by molar-refractivity contribution is 7.90. The van der Waals surface area contributed by atoms with Gasteiger partial charge in [0.05, 0.1) is 16.2 Å². The Morgan fingerprint density at radius 1 is 1.00 bits per heavy atom. The minimum atomic E-state index is -3.36. The SMILES string of the molecule is Cc1cc(CS(=O)(=O)c2ccccc2)c2ncccc2c1. The Morgan fingerprint density at radius 2 is 1.76 bits per heavy atom. The molecule has 0 saturated carbocycles. The summed E-state index contributed by atoms with van der Waals surface area (Å²) in [5.41, 5.74) is 2.53. The van der Waals surface area contributed by atoms with Gasteiger partial charge in [-0.25, -0.2) is 8.42 Å². The molecule has 0 aliphatic heterocycles. The van der Waals surface area contributed by atoms with Crippen LogP contribution in [0.5, 0.6) is 0 Å². The van der Waals surface area contributed by atoms with Crippen LogP contribution in [0.3, 0.4) is 0 Å². The lowest BCUT2D eigenvalue weighted by Gasteiger charge is -2.09. The molecule has 0 saturated heterocycles. The molecule has 3 aromatic rings. The lowest BCUT2D eigenvalue weighted by atomic mass is 10.1. The third-order valence-corrected chi connectivity index (χ3v) is 5.06. The van der Waals surface area contributed by atoms with E-state index >= 15 is 0 Å². The molecule has 0 N–H and O–H groups in total. The fourth-order valence-corrected chi connectivity index (χ4v) is 3.83. The van der Waals surface area contributed by atoms with Crippen LogP contribution in [0.2, 0.25) is 0 Å². The molecule has 4 heteroatoms. The van der Waals surface area contributed by atoms with Crippen molar-refractivity contribution in [2.45, 2.75) is 17.6 Å². The van der Waals surface area contributed by atoms with Gasteiger partial charge >= 0.3 is 0 Å². The van der Waals surface area contributed by atoms with Crippen molar-refractivity contribution in [2.24, 2.45) is 0 Å². The molecular weight excluding hydrogens is 282 g/mol. The number of rotatable bonds is 3. The predicted octanol–water partition coefficient (Wildman–Crippen LogP) is 3.52. The van der Waals surface area contributed by atoms with E-state index in [0.717, 1.165) is 22.0 Å². The highest BCUT2D eigenvalue weighted by Gasteiger charge is 2.17. The number of benzene rings is 2. The average molecular weight is 297 g/mol. The second-order valence-electron chi connectivity index (χ2n) is 5.07. The zero-order valence-corrected chi connectivity index (χ0v) is 12.5. The fraction of sp³-hybridized carbons (Fsp3) is 0.118. The van der Waals surface area contributed by atoms with E-state index in [2.05, 4.69) is 4.98 Å². The fourth-order valence-electron chi connectivity index (χ4n) is 2.46. The van der Waals surface area contributed by atoms with Crippen molar-refractivity contribution in [3.05, 3.63) is 71.9 Å². The molecule has 0 radical (unpaired) electrons. The number of aromatic nitrogens is 1. The molecule has 0 spiro atoms. The first-order valence-corrected chi connectivity index (χ1v) is 8.33. The lowest BCUT2D eigenvalue weighted by molar-refractivity contribution is 0.595. The molecule has 2 aromatic carbocycles. The number of nitrogens with zero attached hydrogens (tertiary/aromatic N) is 1. The summed E-state index contributed by atoms with van der Waals surface area (Å²) in [4.78, 5) is 4.68. The Morgan fingerprint density at radius 3 is 2.52 bits per heavy atom.